The minimum atomic E-state index is 0.894. The Labute approximate surface area is 82.5 Å². The Morgan fingerprint density at radius 2 is 1.77 bits per heavy atom. The van der Waals surface area contributed by atoms with E-state index >= 15 is 0 Å². The van der Waals surface area contributed by atoms with Crippen LogP contribution in [0.1, 0.15) is 27.2 Å². The Morgan fingerprint density at radius 1 is 1.23 bits per heavy atom. The van der Waals surface area contributed by atoms with Gasteiger partial charge in [-0.25, -0.2) is 0 Å². The third kappa shape index (κ3) is 1.52. The fourth-order valence-electron chi connectivity index (χ4n) is 3.61. The molecule has 0 aromatic carbocycles. The van der Waals surface area contributed by atoms with Crippen LogP contribution in [0, 0.1) is 29.6 Å². The van der Waals surface area contributed by atoms with Gasteiger partial charge in [-0.2, -0.15) is 0 Å². The monoisotopic (exact) mass is 181 g/mol. The summed E-state index contributed by atoms with van der Waals surface area (Å²) in [5.74, 6) is 5.12. The van der Waals surface area contributed by atoms with Crippen molar-refractivity contribution >= 4 is 0 Å². The van der Waals surface area contributed by atoms with Crippen molar-refractivity contribution in [2.45, 2.75) is 27.2 Å². The van der Waals surface area contributed by atoms with Gasteiger partial charge in [0.2, 0.25) is 0 Å². The molecule has 2 rings (SSSR count). The molecular weight excluding hydrogens is 158 g/mol. The van der Waals surface area contributed by atoms with Crippen LogP contribution in [-0.4, -0.2) is 25.0 Å². The number of piperidine rings is 1. The third-order valence-corrected chi connectivity index (χ3v) is 4.26. The highest BCUT2D eigenvalue weighted by Gasteiger charge is 2.57. The van der Waals surface area contributed by atoms with Crippen molar-refractivity contribution in [3.63, 3.8) is 0 Å². The Morgan fingerprint density at radius 3 is 2.15 bits per heavy atom. The summed E-state index contributed by atoms with van der Waals surface area (Å²) in [5, 5.41) is 0. The second-order valence-corrected chi connectivity index (χ2v) is 5.44. The van der Waals surface area contributed by atoms with Crippen molar-refractivity contribution in [1.29, 1.82) is 0 Å². The zero-order chi connectivity index (χ0) is 9.59. The molecule has 0 bridgehead atoms. The molecule has 1 aliphatic heterocycles. The SMILES string of the molecule is CCC(C(C)C)C1C2CN(C)CC21. The molecule has 1 heterocycles. The maximum atomic E-state index is 2.50. The number of hydrogen-bond donors (Lipinski definition) is 0. The van der Waals surface area contributed by atoms with Gasteiger partial charge in [0, 0.05) is 13.1 Å². The van der Waals surface area contributed by atoms with Crippen LogP contribution in [0.2, 0.25) is 0 Å². The normalized spacial score (nSPS) is 40.8. The van der Waals surface area contributed by atoms with E-state index in [1.807, 2.05) is 0 Å². The van der Waals surface area contributed by atoms with E-state index < -0.39 is 0 Å². The van der Waals surface area contributed by atoms with E-state index in [4.69, 9.17) is 0 Å². The summed E-state index contributed by atoms with van der Waals surface area (Å²) in [6.45, 7) is 9.90. The zero-order valence-corrected chi connectivity index (χ0v) is 9.46. The summed E-state index contributed by atoms with van der Waals surface area (Å²) in [4.78, 5) is 2.50. The molecule has 0 aromatic heterocycles. The van der Waals surface area contributed by atoms with Gasteiger partial charge in [0.15, 0.2) is 0 Å². The molecule has 0 aromatic rings. The van der Waals surface area contributed by atoms with Gasteiger partial charge in [-0.1, -0.05) is 27.2 Å². The Hall–Kier alpha value is -0.0400. The van der Waals surface area contributed by atoms with E-state index in [1.165, 1.54) is 19.5 Å². The standard InChI is InChI=1S/C12H23N/c1-5-9(8(2)3)12-10-6-13(4)7-11(10)12/h8-12H,5-7H2,1-4H3. The molecule has 3 unspecified atom stereocenters. The van der Waals surface area contributed by atoms with Crippen LogP contribution in [0.15, 0.2) is 0 Å². The summed E-state index contributed by atoms with van der Waals surface area (Å²) in [7, 11) is 2.26. The second-order valence-electron chi connectivity index (χ2n) is 5.44. The molecule has 2 fully saturated rings. The van der Waals surface area contributed by atoms with Crippen molar-refractivity contribution in [3.05, 3.63) is 0 Å². The third-order valence-electron chi connectivity index (χ3n) is 4.26. The fraction of sp³-hybridized carbons (Fsp3) is 1.00. The van der Waals surface area contributed by atoms with E-state index in [1.54, 1.807) is 0 Å². The number of fused-ring (bicyclic) bond motifs is 1. The lowest BCUT2D eigenvalue weighted by atomic mass is 9.86. The molecule has 0 amide bonds. The maximum Gasteiger partial charge on any atom is 0.00128 e. The van der Waals surface area contributed by atoms with Crippen LogP contribution >= 0.6 is 0 Å². The van der Waals surface area contributed by atoms with Crippen molar-refractivity contribution in [2.24, 2.45) is 29.6 Å². The molecule has 1 nitrogen and oxygen atoms in total. The molecule has 0 radical (unpaired) electrons. The quantitative estimate of drug-likeness (QED) is 0.646. The first kappa shape index (κ1) is 9.51. The number of nitrogens with zero attached hydrogens (tertiary/aromatic N) is 1. The summed E-state index contributed by atoms with van der Waals surface area (Å²) in [6, 6.07) is 0. The summed E-state index contributed by atoms with van der Waals surface area (Å²) < 4.78 is 0. The molecular formula is C12H23N. The Balaban J connectivity index is 1.91. The van der Waals surface area contributed by atoms with Crippen LogP contribution < -0.4 is 0 Å². The summed E-state index contributed by atoms with van der Waals surface area (Å²) in [6.07, 6.45) is 1.39. The van der Waals surface area contributed by atoms with Crippen molar-refractivity contribution in [3.8, 4) is 0 Å². The minimum absolute atomic E-state index is 0.894. The van der Waals surface area contributed by atoms with Crippen LogP contribution in [-0.2, 0) is 0 Å². The summed E-state index contributed by atoms with van der Waals surface area (Å²) in [5.41, 5.74) is 0. The predicted octanol–water partition coefficient (Wildman–Crippen LogP) is 2.48. The van der Waals surface area contributed by atoms with Crippen LogP contribution in [0.5, 0.6) is 0 Å². The van der Waals surface area contributed by atoms with Crippen molar-refractivity contribution < 1.29 is 0 Å². The molecule has 13 heavy (non-hydrogen) atoms. The minimum Gasteiger partial charge on any atom is -0.306 e. The average Bonchev–Trinajstić information content (AvgIpc) is 2.57. The lowest BCUT2D eigenvalue weighted by Crippen LogP contribution is -2.23. The highest BCUT2D eigenvalue weighted by molar-refractivity contribution is 5.06. The zero-order valence-electron chi connectivity index (χ0n) is 9.46. The Kier molecular flexibility index (Phi) is 2.39. The number of rotatable bonds is 3. The molecule has 76 valence electrons. The molecule has 0 N–H and O–H groups in total. The number of likely N-dealkylation sites (tertiary alicyclic amines) is 1. The van der Waals surface area contributed by atoms with Gasteiger partial charge in [0.1, 0.15) is 0 Å². The van der Waals surface area contributed by atoms with E-state index in [9.17, 15) is 0 Å². The van der Waals surface area contributed by atoms with Gasteiger partial charge < -0.3 is 4.90 Å². The predicted molar refractivity (Wildman–Crippen MR) is 56.6 cm³/mol. The molecule has 0 spiro atoms. The maximum absolute atomic E-state index is 2.50. The van der Waals surface area contributed by atoms with Crippen LogP contribution in [0.25, 0.3) is 0 Å². The first-order valence-electron chi connectivity index (χ1n) is 5.83. The van der Waals surface area contributed by atoms with Gasteiger partial charge in [-0.15, -0.1) is 0 Å². The second kappa shape index (κ2) is 3.27. The van der Waals surface area contributed by atoms with Crippen molar-refractivity contribution in [1.82, 2.24) is 4.90 Å². The van der Waals surface area contributed by atoms with E-state index in [0.29, 0.717) is 0 Å². The highest BCUT2D eigenvalue weighted by Crippen LogP contribution is 2.57. The first-order valence-corrected chi connectivity index (χ1v) is 5.83. The van der Waals surface area contributed by atoms with E-state index in [2.05, 4.69) is 32.7 Å². The molecule has 1 heteroatoms. The fourth-order valence-corrected chi connectivity index (χ4v) is 3.61. The summed E-state index contributed by atoms with van der Waals surface area (Å²) >= 11 is 0. The van der Waals surface area contributed by atoms with Gasteiger partial charge in [-0.3, -0.25) is 0 Å². The van der Waals surface area contributed by atoms with E-state index in [0.717, 1.165) is 29.6 Å². The number of hydrogen-bond acceptors (Lipinski definition) is 1. The van der Waals surface area contributed by atoms with Gasteiger partial charge >= 0.3 is 0 Å². The highest BCUT2D eigenvalue weighted by atomic mass is 15.2. The largest absolute Gasteiger partial charge is 0.306 e. The topological polar surface area (TPSA) is 3.24 Å². The van der Waals surface area contributed by atoms with Gasteiger partial charge in [-0.05, 0) is 36.6 Å². The van der Waals surface area contributed by atoms with Gasteiger partial charge in [0.25, 0.3) is 0 Å². The molecule has 3 atom stereocenters. The Bertz CT molecular complexity index is 176. The smallest absolute Gasteiger partial charge is 0.00128 e. The van der Waals surface area contributed by atoms with Crippen LogP contribution in [0.3, 0.4) is 0 Å². The molecule has 1 aliphatic carbocycles. The average molecular weight is 181 g/mol. The van der Waals surface area contributed by atoms with E-state index in [-0.39, 0.29) is 0 Å². The van der Waals surface area contributed by atoms with Crippen molar-refractivity contribution in [2.75, 3.05) is 20.1 Å². The lowest BCUT2D eigenvalue weighted by molar-refractivity contribution is 0.251. The van der Waals surface area contributed by atoms with Gasteiger partial charge in [0.05, 0.1) is 0 Å². The molecule has 1 saturated heterocycles. The molecule has 1 saturated carbocycles. The van der Waals surface area contributed by atoms with Crippen LogP contribution in [0.4, 0.5) is 0 Å². The lowest BCUT2D eigenvalue weighted by Gasteiger charge is -2.23. The molecule has 2 aliphatic rings. The first-order chi connectivity index (χ1) is 6.15.